The summed E-state index contributed by atoms with van der Waals surface area (Å²) < 4.78 is 10.4. The Morgan fingerprint density at radius 1 is 1.21 bits per heavy atom. The van der Waals surface area contributed by atoms with E-state index in [4.69, 9.17) is 9.15 Å². The maximum Gasteiger partial charge on any atom is 0.322 e. The number of anilines is 1. The Bertz CT molecular complexity index is 572. The van der Waals surface area contributed by atoms with Crippen molar-refractivity contribution in [3.63, 3.8) is 0 Å². The molecule has 2 aromatic rings. The van der Waals surface area contributed by atoms with Crippen LogP contribution in [0, 0.1) is 20.8 Å². The summed E-state index contributed by atoms with van der Waals surface area (Å²) in [6, 6.07) is 5.86. The Kier molecular flexibility index (Phi) is 3.79. The van der Waals surface area contributed by atoms with Crippen LogP contribution in [0.2, 0.25) is 0 Å². The quantitative estimate of drug-likeness (QED) is 0.911. The third-order valence-corrected chi connectivity index (χ3v) is 2.34. The van der Waals surface area contributed by atoms with Gasteiger partial charge in [-0.2, -0.15) is 0 Å². The van der Waals surface area contributed by atoms with Gasteiger partial charge >= 0.3 is 6.01 Å². The highest BCUT2D eigenvalue weighted by atomic mass is 16.5. The maximum atomic E-state index is 11.6. The van der Waals surface area contributed by atoms with Gasteiger partial charge in [0.25, 0.3) is 5.91 Å². The number of rotatable bonds is 4. The largest absolute Gasteiger partial charge is 0.484 e. The molecule has 2 rings (SSSR count). The molecular formula is C13H15N3O3. The summed E-state index contributed by atoms with van der Waals surface area (Å²) >= 11 is 0. The normalized spacial score (nSPS) is 10.3. The van der Waals surface area contributed by atoms with Crippen LogP contribution in [0.25, 0.3) is 0 Å². The molecule has 0 saturated carbocycles. The second-order valence-electron chi connectivity index (χ2n) is 4.29. The number of carbonyl (C=O) groups excluding carboxylic acids is 1. The Morgan fingerprint density at radius 2 is 1.89 bits per heavy atom. The van der Waals surface area contributed by atoms with Gasteiger partial charge in [0.05, 0.1) is 0 Å². The zero-order chi connectivity index (χ0) is 13.8. The fourth-order valence-electron chi connectivity index (χ4n) is 1.67. The number of nitrogens with zero attached hydrogens (tertiary/aromatic N) is 2. The Morgan fingerprint density at radius 3 is 2.47 bits per heavy atom. The van der Waals surface area contributed by atoms with Gasteiger partial charge < -0.3 is 9.15 Å². The fourth-order valence-corrected chi connectivity index (χ4v) is 1.67. The average molecular weight is 261 g/mol. The number of aryl methyl sites for hydroxylation is 3. The SMILES string of the molecule is Cc1cc(C)cc(OCC(=O)Nc2nnc(C)o2)c1. The van der Waals surface area contributed by atoms with Crippen LogP contribution in [0.4, 0.5) is 6.01 Å². The monoisotopic (exact) mass is 261 g/mol. The first kappa shape index (κ1) is 13.1. The lowest BCUT2D eigenvalue weighted by Gasteiger charge is -2.07. The van der Waals surface area contributed by atoms with Gasteiger partial charge in [-0.3, -0.25) is 10.1 Å². The molecule has 0 radical (unpaired) electrons. The second-order valence-corrected chi connectivity index (χ2v) is 4.29. The van der Waals surface area contributed by atoms with Gasteiger partial charge in [-0.15, -0.1) is 5.10 Å². The maximum absolute atomic E-state index is 11.6. The van der Waals surface area contributed by atoms with Crippen molar-refractivity contribution in [1.82, 2.24) is 10.2 Å². The molecule has 0 spiro atoms. The summed E-state index contributed by atoms with van der Waals surface area (Å²) in [5.74, 6) is 0.711. The molecule has 0 aliphatic heterocycles. The topological polar surface area (TPSA) is 77.2 Å². The fraction of sp³-hybridized carbons (Fsp3) is 0.308. The van der Waals surface area contributed by atoms with E-state index in [1.807, 2.05) is 32.0 Å². The molecule has 1 N–H and O–H groups in total. The van der Waals surface area contributed by atoms with Crippen LogP contribution in [0.3, 0.4) is 0 Å². The number of carbonyl (C=O) groups is 1. The molecule has 1 heterocycles. The van der Waals surface area contributed by atoms with Crippen LogP contribution in [0.5, 0.6) is 5.75 Å². The molecule has 1 amide bonds. The van der Waals surface area contributed by atoms with Gasteiger partial charge in [0.2, 0.25) is 5.89 Å². The number of benzene rings is 1. The van der Waals surface area contributed by atoms with Gasteiger partial charge in [-0.1, -0.05) is 11.2 Å². The first-order valence-corrected chi connectivity index (χ1v) is 5.84. The first-order chi connectivity index (χ1) is 9.02. The van der Waals surface area contributed by atoms with Crippen LogP contribution in [-0.2, 0) is 4.79 Å². The van der Waals surface area contributed by atoms with Crippen molar-refractivity contribution in [2.75, 3.05) is 11.9 Å². The molecule has 0 bridgehead atoms. The van der Waals surface area contributed by atoms with E-state index in [1.165, 1.54) is 0 Å². The van der Waals surface area contributed by atoms with Crippen molar-refractivity contribution in [1.29, 1.82) is 0 Å². The van der Waals surface area contributed by atoms with E-state index >= 15 is 0 Å². The molecule has 1 aromatic carbocycles. The third kappa shape index (κ3) is 3.80. The lowest BCUT2D eigenvalue weighted by atomic mass is 10.1. The van der Waals surface area contributed by atoms with E-state index in [0.29, 0.717) is 11.6 Å². The van der Waals surface area contributed by atoms with Crippen molar-refractivity contribution in [3.8, 4) is 5.75 Å². The lowest BCUT2D eigenvalue weighted by molar-refractivity contribution is -0.118. The van der Waals surface area contributed by atoms with Crippen molar-refractivity contribution in [2.45, 2.75) is 20.8 Å². The number of hydrogen-bond acceptors (Lipinski definition) is 5. The molecule has 0 aliphatic rings. The summed E-state index contributed by atoms with van der Waals surface area (Å²) in [5.41, 5.74) is 2.17. The molecule has 0 aliphatic carbocycles. The summed E-state index contributed by atoms with van der Waals surface area (Å²) in [6.07, 6.45) is 0. The van der Waals surface area contributed by atoms with E-state index < -0.39 is 0 Å². The Balaban J connectivity index is 1.89. The zero-order valence-electron chi connectivity index (χ0n) is 11.1. The predicted molar refractivity (Wildman–Crippen MR) is 69.1 cm³/mol. The molecule has 100 valence electrons. The minimum atomic E-state index is -0.345. The molecule has 6 nitrogen and oxygen atoms in total. The van der Waals surface area contributed by atoms with E-state index in [-0.39, 0.29) is 18.5 Å². The Labute approximate surface area is 110 Å². The number of amides is 1. The molecule has 0 unspecified atom stereocenters. The molecule has 1 aromatic heterocycles. The highest BCUT2D eigenvalue weighted by Gasteiger charge is 2.08. The molecular weight excluding hydrogens is 246 g/mol. The van der Waals surface area contributed by atoms with Gasteiger partial charge in [0, 0.05) is 6.92 Å². The van der Waals surface area contributed by atoms with Gasteiger partial charge in [-0.05, 0) is 37.1 Å². The average Bonchev–Trinajstić information content (AvgIpc) is 2.71. The van der Waals surface area contributed by atoms with E-state index in [0.717, 1.165) is 11.1 Å². The number of hydrogen-bond donors (Lipinski definition) is 1. The van der Waals surface area contributed by atoms with Crippen molar-refractivity contribution < 1.29 is 13.9 Å². The number of ether oxygens (including phenoxy) is 1. The van der Waals surface area contributed by atoms with Crippen LogP contribution >= 0.6 is 0 Å². The molecule has 0 fully saturated rings. The van der Waals surface area contributed by atoms with Gasteiger partial charge in [0.15, 0.2) is 6.61 Å². The molecule has 0 atom stereocenters. The first-order valence-electron chi connectivity index (χ1n) is 5.84. The van der Waals surface area contributed by atoms with Crippen molar-refractivity contribution >= 4 is 11.9 Å². The van der Waals surface area contributed by atoms with Crippen LogP contribution < -0.4 is 10.1 Å². The van der Waals surface area contributed by atoms with Crippen LogP contribution in [0.1, 0.15) is 17.0 Å². The molecule has 6 heteroatoms. The summed E-state index contributed by atoms with van der Waals surface area (Å²) in [4.78, 5) is 11.6. The highest BCUT2D eigenvalue weighted by molar-refractivity contribution is 5.89. The summed E-state index contributed by atoms with van der Waals surface area (Å²) in [5, 5.41) is 9.73. The minimum Gasteiger partial charge on any atom is -0.484 e. The van der Waals surface area contributed by atoms with Gasteiger partial charge in [-0.25, -0.2) is 0 Å². The molecule has 0 saturated heterocycles. The highest BCUT2D eigenvalue weighted by Crippen LogP contribution is 2.16. The van der Waals surface area contributed by atoms with E-state index in [2.05, 4.69) is 15.5 Å². The third-order valence-electron chi connectivity index (χ3n) is 2.34. The smallest absolute Gasteiger partial charge is 0.322 e. The van der Waals surface area contributed by atoms with E-state index in [1.54, 1.807) is 6.92 Å². The minimum absolute atomic E-state index is 0.0755. The van der Waals surface area contributed by atoms with Crippen molar-refractivity contribution in [3.05, 3.63) is 35.2 Å². The van der Waals surface area contributed by atoms with Gasteiger partial charge in [0.1, 0.15) is 5.75 Å². The second kappa shape index (κ2) is 5.51. The summed E-state index contributed by atoms with van der Waals surface area (Å²) in [6.45, 7) is 5.49. The zero-order valence-corrected chi connectivity index (χ0v) is 11.1. The lowest BCUT2D eigenvalue weighted by Crippen LogP contribution is -2.20. The van der Waals surface area contributed by atoms with Crippen molar-refractivity contribution in [2.24, 2.45) is 0 Å². The Hall–Kier alpha value is -2.37. The van der Waals surface area contributed by atoms with E-state index in [9.17, 15) is 4.79 Å². The van der Waals surface area contributed by atoms with Crippen LogP contribution in [-0.4, -0.2) is 22.7 Å². The summed E-state index contributed by atoms with van der Waals surface area (Å²) in [7, 11) is 0. The number of aromatic nitrogens is 2. The number of nitrogens with one attached hydrogen (secondary N) is 1. The molecule has 19 heavy (non-hydrogen) atoms. The van der Waals surface area contributed by atoms with Crippen LogP contribution in [0.15, 0.2) is 22.6 Å². The standard InChI is InChI=1S/C13H15N3O3/c1-8-4-9(2)6-11(5-8)18-7-12(17)14-13-16-15-10(3)19-13/h4-6H,7H2,1-3H3,(H,14,16,17). The predicted octanol–water partition coefficient (Wildman–Crippen LogP) is 2.01.